The summed E-state index contributed by atoms with van der Waals surface area (Å²) in [5.74, 6) is -3.11. The zero-order chi connectivity index (χ0) is 25.8. The standard InChI is InChI=1S/C24H38N4O7/c1-5-9-20(29)21(30)18(12-16-10-7-6-8-11-16)27-22(31)19(13-17-14-25-15-26-17)28-23(32)35-24(2,33-3)34-4/h14-16,18-19H,5-13H2,1-4H3,(H,25,26)(H,27,31)(H,28,32)/t18-,19-/m0/s1. The van der Waals surface area contributed by atoms with Crippen molar-refractivity contribution < 1.29 is 33.4 Å². The second kappa shape index (κ2) is 13.9. The molecule has 35 heavy (non-hydrogen) atoms. The highest BCUT2D eigenvalue weighted by molar-refractivity contribution is 6.39. The number of amides is 2. The number of H-pyrrole nitrogens is 1. The first kappa shape index (κ1) is 28.4. The molecule has 0 spiro atoms. The van der Waals surface area contributed by atoms with Crippen molar-refractivity contribution in [3.63, 3.8) is 0 Å². The summed E-state index contributed by atoms with van der Waals surface area (Å²) in [5, 5.41) is 5.23. The first-order valence-corrected chi connectivity index (χ1v) is 12.2. The van der Waals surface area contributed by atoms with Crippen LogP contribution in [-0.2, 0) is 35.0 Å². The zero-order valence-electron chi connectivity index (χ0n) is 21.1. The first-order valence-electron chi connectivity index (χ1n) is 12.2. The molecule has 1 aliphatic carbocycles. The predicted molar refractivity (Wildman–Crippen MR) is 126 cm³/mol. The highest BCUT2D eigenvalue weighted by atomic mass is 16.9. The summed E-state index contributed by atoms with van der Waals surface area (Å²) >= 11 is 0. The average Bonchev–Trinajstić information content (AvgIpc) is 3.36. The largest absolute Gasteiger partial charge is 0.412 e. The molecule has 2 rings (SSSR count). The molecule has 1 saturated carbocycles. The Balaban J connectivity index is 2.18. The van der Waals surface area contributed by atoms with E-state index in [1.54, 1.807) is 6.20 Å². The number of imidazole rings is 1. The van der Waals surface area contributed by atoms with Crippen LogP contribution >= 0.6 is 0 Å². The van der Waals surface area contributed by atoms with Gasteiger partial charge < -0.3 is 29.8 Å². The van der Waals surface area contributed by atoms with Crippen LogP contribution in [0.5, 0.6) is 0 Å². The quantitative estimate of drug-likeness (QED) is 0.264. The molecule has 3 N–H and O–H groups in total. The number of hydrogen-bond acceptors (Lipinski definition) is 8. The lowest BCUT2D eigenvalue weighted by atomic mass is 9.83. The van der Waals surface area contributed by atoms with Gasteiger partial charge in [-0.3, -0.25) is 14.4 Å². The topological polar surface area (TPSA) is 149 Å². The third kappa shape index (κ3) is 9.06. The third-order valence-electron chi connectivity index (χ3n) is 6.28. The highest BCUT2D eigenvalue weighted by Crippen LogP contribution is 2.27. The molecule has 2 amide bonds. The molecule has 0 aliphatic heterocycles. The van der Waals surface area contributed by atoms with Gasteiger partial charge in [0.2, 0.25) is 17.5 Å². The van der Waals surface area contributed by atoms with Crippen LogP contribution in [0.15, 0.2) is 12.5 Å². The SMILES string of the molecule is CCCC(=O)C(=O)[C@H](CC1CCCCC1)NC(=O)[C@H](Cc1c[nH]cn1)NC(=O)OC(C)(OC)OC. The number of methoxy groups -OCH3 is 2. The molecule has 0 bridgehead atoms. The lowest BCUT2D eigenvalue weighted by molar-refractivity contribution is -0.322. The van der Waals surface area contributed by atoms with Crippen LogP contribution in [-0.4, -0.2) is 65.8 Å². The summed E-state index contributed by atoms with van der Waals surface area (Å²) in [6, 6.07) is -2.07. The Morgan fingerprint density at radius 1 is 1.11 bits per heavy atom. The number of Topliss-reactive ketones (excluding diaryl/α,β-unsaturated/α-hetero) is 2. The molecule has 1 heterocycles. The summed E-state index contributed by atoms with van der Waals surface area (Å²) in [4.78, 5) is 58.1. The van der Waals surface area contributed by atoms with Crippen LogP contribution in [0.25, 0.3) is 0 Å². The molecular weight excluding hydrogens is 456 g/mol. The van der Waals surface area contributed by atoms with Crippen LogP contribution in [0.1, 0.15) is 70.9 Å². The summed E-state index contributed by atoms with van der Waals surface area (Å²) < 4.78 is 15.2. The monoisotopic (exact) mass is 494 g/mol. The van der Waals surface area contributed by atoms with Crippen LogP contribution in [0.3, 0.4) is 0 Å². The molecular formula is C24H38N4O7. The average molecular weight is 495 g/mol. The van der Waals surface area contributed by atoms with E-state index >= 15 is 0 Å². The van der Waals surface area contributed by atoms with Gasteiger partial charge in [0.05, 0.1) is 18.1 Å². The summed E-state index contributed by atoms with van der Waals surface area (Å²) in [6.45, 7) is 3.22. The van der Waals surface area contributed by atoms with E-state index in [0.717, 1.165) is 32.1 Å². The molecule has 0 saturated heterocycles. The van der Waals surface area contributed by atoms with Crippen molar-refractivity contribution in [1.29, 1.82) is 0 Å². The Morgan fingerprint density at radius 3 is 2.37 bits per heavy atom. The van der Waals surface area contributed by atoms with E-state index in [1.807, 2.05) is 6.92 Å². The van der Waals surface area contributed by atoms with Crippen molar-refractivity contribution in [2.45, 2.75) is 89.7 Å². The number of hydrogen-bond donors (Lipinski definition) is 3. The molecule has 11 heteroatoms. The number of nitrogens with one attached hydrogen (secondary N) is 3. The van der Waals surface area contributed by atoms with Crippen molar-refractivity contribution in [3.8, 4) is 0 Å². The predicted octanol–water partition coefficient (Wildman–Crippen LogP) is 2.41. The maximum absolute atomic E-state index is 13.3. The number of carbonyl (C=O) groups excluding carboxylic acids is 4. The van der Waals surface area contributed by atoms with Crippen LogP contribution in [0.4, 0.5) is 4.79 Å². The number of rotatable bonds is 14. The van der Waals surface area contributed by atoms with Crippen molar-refractivity contribution in [3.05, 3.63) is 18.2 Å². The number of alkyl carbamates (subject to hydrolysis) is 1. The molecule has 0 unspecified atom stereocenters. The van der Waals surface area contributed by atoms with E-state index in [9.17, 15) is 19.2 Å². The summed E-state index contributed by atoms with van der Waals surface area (Å²) in [7, 11) is 2.61. The Labute approximate surface area is 206 Å². The molecule has 196 valence electrons. The normalized spacial score (nSPS) is 16.2. The lowest BCUT2D eigenvalue weighted by Crippen LogP contribution is -2.55. The van der Waals surface area contributed by atoms with E-state index in [1.165, 1.54) is 27.5 Å². The number of aromatic amines is 1. The van der Waals surface area contributed by atoms with Gasteiger partial charge in [-0.15, -0.1) is 0 Å². The molecule has 1 aromatic heterocycles. The van der Waals surface area contributed by atoms with Gasteiger partial charge in [0, 0.05) is 40.2 Å². The second-order valence-electron chi connectivity index (χ2n) is 8.96. The fourth-order valence-electron chi connectivity index (χ4n) is 4.13. The molecule has 2 atom stereocenters. The molecule has 1 aliphatic rings. The minimum Gasteiger partial charge on any atom is -0.392 e. The van der Waals surface area contributed by atoms with Crippen molar-refractivity contribution in [2.24, 2.45) is 5.92 Å². The number of aromatic nitrogens is 2. The van der Waals surface area contributed by atoms with Crippen molar-refractivity contribution >= 4 is 23.6 Å². The van der Waals surface area contributed by atoms with E-state index < -0.39 is 41.6 Å². The van der Waals surface area contributed by atoms with Crippen molar-refractivity contribution in [2.75, 3.05) is 14.2 Å². The minimum atomic E-state index is -1.65. The maximum atomic E-state index is 13.3. The number of nitrogens with zero attached hydrogens (tertiary/aromatic N) is 1. The summed E-state index contributed by atoms with van der Waals surface area (Å²) in [5.41, 5.74) is 0.518. The van der Waals surface area contributed by atoms with Gasteiger partial charge in [0.1, 0.15) is 6.04 Å². The Kier molecular flexibility index (Phi) is 11.3. The smallest absolute Gasteiger partial charge is 0.392 e. The Morgan fingerprint density at radius 2 is 1.80 bits per heavy atom. The molecule has 1 fully saturated rings. The Bertz CT molecular complexity index is 833. The first-order chi connectivity index (χ1) is 16.7. The fourth-order valence-corrected chi connectivity index (χ4v) is 4.13. The minimum absolute atomic E-state index is 0.0361. The van der Waals surface area contributed by atoms with Gasteiger partial charge in [-0.2, -0.15) is 0 Å². The Hall–Kier alpha value is -2.79. The van der Waals surface area contributed by atoms with E-state index in [-0.39, 0.29) is 18.8 Å². The highest BCUT2D eigenvalue weighted by Gasteiger charge is 2.34. The zero-order valence-corrected chi connectivity index (χ0v) is 21.1. The molecule has 11 nitrogen and oxygen atoms in total. The van der Waals surface area contributed by atoms with Gasteiger partial charge in [-0.1, -0.05) is 39.0 Å². The van der Waals surface area contributed by atoms with E-state index in [0.29, 0.717) is 18.5 Å². The maximum Gasteiger partial charge on any atom is 0.412 e. The molecule has 0 aromatic carbocycles. The van der Waals surface area contributed by atoms with Gasteiger partial charge in [0.15, 0.2) is 0 Å². The van der Waals surface area contributed by atoms with Crippen molar-refractivity contribution in [1.82, 2.24) is 20.6 Å². The van der Waals surface area contributed by atoms with Gasteiger partial charge in [-0.05, 0) is 18.8 Å². The number of ether oxygens (including phenoxy) is 3. The number of carbonyl (C=O) groups is 4. The van der Waals surface area contributed by atoms with Crippen LogP contribution in [0, 0.1) is 5.92 Å². The van der Waals surface area contributed by atoms with E-state index in [2.05, 4.69) is 20.6 Å². The van der Waals surface area contributed by atoms with E-state index in [4.69, 9.17) is 14.2 Å². The van der Waals surface area contributed by atoms with Gasteiger partial charge in [0.25, 0.3) is 0 Å². The summed E-state index contributed by atoms with van der Waals surface area (Å²) in [6.07, 6.45) is 8.38. The second-order valence-corrected chi connectivity index (χ2v) is 8.96. The van der Waals surface area contributed by atoms with Gasteiger partial charge >= 0.3 is 12.1 Å². The van der Waals surface area contributed by atoms with Gasteiger partial charge in [-0.25, -0.2) is 9.78 Å². The lowest BCUT2D eigenvalue weighted by Gasteiger charge is -2.29. The third-order valence-corrected chi connectivity index (χ3v) is 6.28. The van der Waals surface area contributed by atoms with Crippen LogP contribution in [0.2, 0.25) is 0 Å². The van der Waals surface area contributed by atoms with Crippen LogP contribution < -0.4 is 10.6 Å². The number of ketones is 2. The molecule has 0 radical (unpaired) electrons. The fraction of sp³-hybridized carbons (Fsp3) is 0.708. The molecule has 1 aromatic rings.